The number of aryl methyl sites for hydroxylation is 1. The van der Waals surface area contributed by atoms with Gasteiger partial charge in [-0.25, -0.2) is 4.79 Å². The van der Waals surface area contributed by atoms with Crippen molar-refractivity contribution in [3.8, 4) is 0 Å². The van der Waals surface area contributed by atoms with E-state index in [1.165, 1.54) is 0 Å². The first-order valence-corrected chi connectivity index (χ1v) is 8.23. The highest BCUT2D eigenvalue weighted by molar-refractivity contribution is 9.10. The molecule has 1 saturated heterocycles. The monoisotopic (exact) mass is 376 g/mol. The molecule has 2 N–H and O–H groups in total. The molecule has 1 aliphatic rings. The van der Waals surface area contributed by atoms with Crippen LogP contribution in [0.2, 0.25) is 0 Å². The number of carbonyl (C=O) groups is 2. The average molecular weight is 377 g/mol. The molecule has 1 aliphatic heterocycles. The van der Waals surface area contributed by atoms with Crippen LogP contribution in [0.5, 0.6) is 0 Å². The topological polar surface area (TPSA) is 69.6 Å². The molecule has 0 saturated carbocycles. The van der Waals surface area contributed by atoms with Gasteiger partial charge in [-0.15, -0.1) is 0 Å². The van der Waals surface area contributed by atoms with Crippen molar-refractivity contribution in [1.29, 1.82) is 0 Å². The Kier molecular flexibility index (Phi) is 4.26. The minimum atomic E-state index is -0.842. The van der Waals surface area contributed by atoms with Gasteiger partial charge in [-0.2, -0.15) is 0 Å². The van der Waals surface area contributed by atoms with E-state index < -0.39 is 11.9 Å². The molecule has 0 radical (unpaired) electrons. The van der Waals surface area contributed by atoms with Crippen molar-refractivity contribution < 1.29 is 14.7 Å². The molecule has 5 nitrogen and oxygen atoms in total. The van der Waals surface area contributed by atoms with Gasteiger partial charge in [-0.3, -0.25) is 4.79 Å². The smallest absolute Gasteiger partial charge is 0.321 e. The molecular weight excluding hydrogens is 360 g/mol. The number of carboxylic acids is 1. The minimum Gasteiger partial charge on any atom is -0.481 e. The Balaban J connectivity index is 1.87. The standard InChI is InChI=1S/C17H17BrN2O3/c1-10-8-14(18)12-4-2-3-5-13(12)15(10)19-17(23)20-7-6-11(9-20)16(21)22/h2-5,8,11H,6-7,9H2,1H3,(H,19,23)(H,21,22). The van der Waals surface area contributed by atoms with E-state index in [0.717, 1.165) is 26.5 Å². The number of fused-ring (bicyclic) bond motifs is 1. The molecule has 0 aliphatic carbocycles. The van der Waals surface area contributed by atoms with Crippen LogP contribution in [0.3, 0.4) is 0 Å². The summed E-state index contributed by atoms with van der Waals surface area (Å²) in [7, 11) is 0. The van der Waals surface area contributed by atoms with E-state index in [0.29, 0.717) is 13.0 Å². The van der Waals surface area contributed by atoms with Crippen LogP contribution in [-0.2, 0) is 4.79 Å². The first-order valence-electron chi connectivity index (χ1n) is 7.44. The Morgan fingerprint density at radius 1 is 1.30 bits per heavy atom. The van der Waals surface area contributed by atoms with E-state index in [4.69, 9.17) is 5.11 Å². The van der Waals surface area contributed by atoms with Gasteiger partial charge in [0, 0.05) is 22.9 Å². The summed E-state index contributed by atoms with van der Waals surface area (Å²) in [6.45, 7) is 2.67. The van der Waals surface area contributed by atoms with Crippen molar-refractivity contribution in [2.45, 2.75) is 13.3 Å². The molecule has 2 amide bonds. The minimum absolute atomic E-state index is 0.246. The quantitative estimate of drug-likeness (QED) is 0.835. The summed E-state index contributed by atoms with van der Waals surface area (Å²) in [6, 6.07) is 9.57. The number of nitrogens with one attached hydrogen (secondary N) is 1. The van der Waals surface area contributed by atoms with E-state index in [1.807, 2.05) is 37.3 Å². The van der Waals surface area contributed by atoms with Gasteiger partial charge in [0.25, 0.3) is 0 Å². The molecular formula is C17H17BrN2O3. The van der Waals surface area contributed by atoms with Crippen LogP contribution >= 0.6 is 15.9 Å². The number of anilines is 1. The zero-order valence-electron chi connectivity index (χ0n) is 12.7. The number of likely N-dealkylation sites (tertiary alicyclic amines) is 1. The molecule has 1 atom stereocenters. The lowest BCUT2D eigenvalue weighted by molar-refractivity contribution is -0.141. The summed E-state index contributed by atoms with van der Waals surface area (Å²) in [4.78, 5) is 25.1. The van der Waals surface area contributed by atoms with Crippen molar-refractivity contribution in [3.63, 3.8) is 0 Å². The number of halogens is 1. The van der Waals surface area contributed by atoms with Gasteiger partial charge in [-0.05, 0) is 30.4 Å². The maximum absolute atomic E-state index is 12.5. The highest BCUT2D eigenvalue weighted by atomic mass is 79.9. The normalized spacial score (nSPS) is 17.5. The second-order valence-electron chi connectivity index (χ2n) is 5.80. The summed E-state index contributed by atoms with van der Waals surface area (Å²) in [6.07, 6.45) is 0.503. The lowest BCUT2D eigenvalue weighted by Gasteiger charge is -2.19. The van der Waals surface area contributed by atoms with Crippen molar-refractivity contribution >= 4 is 44.4 Å². The fourth-order valence-corrected chi connectivity index (χ4v) is 3.65. The molecule has 0 spiro atoms. The van der Waals surface area contributed by atoms with E-state index in [2.05, 4.69) is 21.2 Å². The molecule has 1 heterocycles. The molecule has 23 heavy (non-hydrogen) atoms. The number of urea groups is 1. The van der Waals surface area contributed by atoms with Crippen LogP contribution in [0.15, 0.2) is 34.8 Å². The number of hydrogen-bond donors (Lipinski definition) is 2. The van der Waals surface area contributed by atoms with Crippen LogP contribution in [0.25, 0.3) is 10.8 Å². The SMILES string of the molecule is Cc1cc(Br)c2ccccc2c1NC(=O)N1CCC(C(=O)O)C1. The molecule has 2 aromatic rings. The van der Waals surface area contributed by atoms with Gasteiger partial charge < -0.3 is 15.3 Å². The maximum atomic E-state index is 12.5. The average Bonchev–Trinajstić information content (AvgIpc) is 3.01. The van der Waals surface area contributed by atoms with E-state index in [1.54, 1.807) is 4.90 Å². The maximum Gasteiger partial charge on any atom is 0.321 e. The third kappa shape index (κ3) is 3.03. The van der Waals surface area contributed by atoms with Gasteiger partial charge in [0.1, 0.15) is 0 Å². The van der Waals surface area contributed by atoms with Crippen LogP contribution in [-0.4, -0.2) is 35.1 Å². The third-order valence-electron chi connectivity index (χ3n) is 4.25. The number of benzene rings is 2. The summed E-state index contributed by atoms with van der Waals surface area (Å²) in [5, 5.41) is 14.0. The van der Waals surface area contributed by atoms with Gasteiger partial charge in [0.2, 0.25) is 0 Å². The zero-order valence-corrected chi connectivity index (χ0v) is 14.3. The molecule has 6 heteroatoms. The fraction of sp³-hybridized carbons (Fsp3) is 0.294. The fourth-order valence-electron chi connectivity index (χ4n) is 2.96. The van der Waals surface area contributed by atoms with Gasteiger partial charge in [0.15, 0.2) is 0 Å². The Morgan fingerprint density at radius 2 is 2.00 bits per heavy atom. The highest BCUT2D eigenvalue weighted by Gasteiger charge is 2.31. The highest BCUT2D eigenvalue weighted by Crippen LogP contribution is 2.33. The zero-order chi connectivity index (χ0) is 16.6. The predicted molar refractivity (Wildman–Crippen MR) is 92.7 cm³/mol. The molecule has 120 valence electrons. The molecule has 3 rings (SSSR count). The van der Waals surface area contributed by atoms with Crippen LogP contribution in [0, 0.1) is 12.8 Å². The van der Waals surface area contributed by atoms with E-state index in [9.17, 15) is 9.59 Å². The Morgan fingerprint density at radius 3 is 2.65 bits per heavy atom. The van der Waals surface area contributed by atoms with E-state index in [-0.39, 0.29) is 12.6 Å². The summed E-state index contributed by atoms with van der Waals surface area (Å²) in [5.74, 6) is -1.31. The number of carbonyl (C=O) groups excluding carboxylic acids is 1. The number of aliphatic carboxylic acids is 1. The lowest BCUT2D eigenvalue weighted by atomic mass is 10.0. The Hall–Kier alpha value is -2.08. The summed E-state index contributed by atoms with van der Waals surface area (Å²) in [5.41, 5.74) is 1.73. The molecule has 1 unspecified atom stereocenters. The van der Waals surface area contributed by atoms with Gasteiger partial charge in [-0.1, -0.05) is 40.2 Å². The van der Waals surface area contributed by atoms with Crippen LogP contribution in [0.1, 0.15) is 12.0 Å². The first-order chi connectivity index (χ1) is 11.0. The number of amides is 2. The van der Waals surface area contributed by atoms with Gasteiger partial charge >= 0.3 is 12.0 Å². The van der Waals surface area contributed by atoms with Crippen molar-refractivity contribution in [1.82, 2.24) is 4.90 Å². The van der Waals surface area contributed by atoms with Crippen LogP contribution in [0.4, 0.5) is 10.5 Å². The molecule has 1 fully saturated rings. The van der Waals surface area contributed by atoms with Crippen molar-refractivity contribution in [2.75, 3.05) is 18.4 Å². The predicted octanol–water partition coefficient (Wildman–Crippen LogP) is 3.85. The Bertz CT molecular complexity index is 791. The number of hydrogen-bond acceptors (Lipinski definition) is 2. The van der Waals surface area contributed by atoms with Gasteiger partial charge in [0.05, 0.1) is 11.6 Å². The Labute approximate surface area is 142 Å². The number of nitrogens with zero attached hydrogens (tertiary/aromatic N) is 1. The summed E-state index contributed by atoms with van der Waals surface area (Å²) < 4.78 is 0.982. The largest absolute Gasteiger partial charge is 0.481 e. The molecule has 0 bridgehead atoms. The van der Waals surface area contributed by atoms with Crippen molar-refractivity contribution in [2.24, 2.45) is 5.92 Å². The second-order valence-corrected chi connectivity index (χ2v) is 6.65. The molecule has 0 aromatic heterocycles. The summed E-state index contributed by atoms with van der Waals surface area (Å²) >= 11 is 3.55. The van der Waals surface area contributed by atoms with E-state index >= 15 is 0 Å². The lowest BCUT2D eigenvalue weighted by Crippen LogP contribution is -2.34. The first kappa shape index (κ1) is 15.8. The number of rotatable bonds is 2. The second kappa shape index (κ2) is 6.20. The third-order valence-corrected chi connectivity index (χ3v) is 4.90. The van der Waals surface area contributed by atoms with Crippen LogP contribution < -0.4 is 5.32 Å². The molecule has 2 aromatic carbocycles. The van der Waals surface area contributed by atoms with Crippen molar-refractivity contribution in [3.05, 3.63) is 40.4 Å². The number of carboxylic acid groups (broad SMARTS) is 1.